The van der Waals surface area contributed by atoms with Crippen molar-refractivity contribution in [2.75, 3.05) is 44.4 Å². The van der Waals surface area contributed by atoms with Crippen molar-refractivity contribution in [1.29, 1.82) is 5.26 Å². The second kappa shape index (κ2) is 11.2. The summed E-state index contributed by atoms with van der Waals surface area (Å²) in [5.41, 5.74) is 0.748. The summed E-state index contributed by atoms with van der Waals surface area (Å²) < 4.78 is 59.9. The summed E-state index contributed by atoms with van der Waals surface area (Å²) in [5.74, 6) is -1.06. The van der Waals surface area contributed by atoms with E-state index in [2.05, 4.69) is 26.3 Å². The molecule has 1 aliphatic carbocycles. The average molecular weight is 664 g/mol. The SMILES string of the molecule is N#Cc1csc2c(F)ccc(-c3ncc4c(c3F)N(N3C[C@@H]5CC[C@](COC6CC6)(C3)N5)C(OC[C@@]35CCCN3C[C@H](F)C5)N=C4)c12. The number of pyridine rings is 1. The van der Waals surface area contributed by atoms with Gasteiger partial charge in [0.05, 0.1) is 35.1 Å². The molecule has 9 nitrogen and oxygen atoms in total. The fourth-order valence-electron chi connectivity index (χ4n) is 8.59. The van der Waals surface area contributed by atoms with Crippen LogP contribution in [0.5, 0.6) is 0 Å². The average Bonchev–Trinajstić information content (AvgIpc) is 3.36. The first-order valence-corrected chi connectivity index (χ1v) is 17.5. The van der Waals surface area contributed by atoms with E-state index in [4.69, 9.17) is 14.5 Å². The molecule has 5 fully saturated rings. The molecule has 1 unspecified atom stereocenters. The number of aromatic nitrogens is 1. The van der Waals surface area contributed by atoms with Crippen LogP contribution >= 0.6 is 11.3 Å². The van der Waals surface area contributed by atoms with Gasteiger partial charge >= 0.3 is 0 Å². The number of fused-ring (bicyclic) bond motifs is 5. The minimum absolute atomic E-state index is 0.0317. The molecule has 5 atom stereocenters. The fourth-order valence-corrected chi connectivity index (χ4v) is 9.51. The molecular weight excluding hydrogens is 627 g/mol. The number of aliphatic imine (C=N–C) groups is 1. The maximum atomic E-state index is 17.2. The summed E-state index contributed by atoms with van der Waals surface area (Å²) >= 11 is 1.12. The lowest BCUT2D eigenvalue weighted by Crippen LogP contribution is -2.67. The molecule has 0 radical (unpaired) electrons. The fraction of sp³-hybridized carbons (Fsp3) is 0.559. The molecule has 1 N–H and O–H groups in total. The third-order valence-corrected chi connectivity index (χ3v) is 11.9. The van der Waals surface area contributed by atoms with E-state index < -0.39 is 29.7 Å². The number of hydrogen-bond acceptors (Lipinski definition) is 10. The van der Waals surface area contributed by atoms with Crippen LogP contribution in [0, 0.1) is 23.0 Å². The summed E-state index contributed by atoms with van der Waals surface area (Å²) in [5, 5.41) is 19.5. The van der Waals surface area contributed by atoms with Crippen LogP contribution in [0.3, 0.4) is 0 Å². The molecule has 2 aromatic heterocycles. The molecule has 7 heterocycles. The molecule has 0 amide bonds. The van der Waals surface area contributed by atoms with Crippen LogP contribution in [0.1, 0.15) is 56.1 Å². The zero-order valence-electron chi connectivity index (χ0n) is 25.9. The number of nitriles is 1. The van der Waals surface area contributed by atoms with Crippen molar-refractivity contribution in [3.05, 3.63) is 46.5 Å². The largest absolute Gasteiger partial charge is 0.376 e. The van der Waals surface area contributed by atoms with Gasteiger partial charge < -0.3 is 14.8 Å². The lowest BCUT2D eigenvalue weighted by atomic mass is 9.95. The molecule has 1 aromatic carbocycles. The molecule has 6 aliphatic rings. The predicted octanol–water partition coefficient (Wildman–Crippen LogP) is 5.13. The van der Waals surface area contributed by atoms with Crippen molar-refractivity contribution >= 4 is 33.3 Å². The Balaban J connectivity index is 1.12. The van der Waals surface area contributed by atoms with Crippen LogP contribution in [0.25, 0.3) is 21.3 Å². The quantitative estimate of drug-likeness (QED) is 0.355. The van der Waals surface area contributed by atoms with Crippen molar-refractivity contribution in [3.8, 4) is 17.3 Å². The van der Waals surface area contributed by atoms with Gasteiger partial charge in [-0.3, -0.25) is 14.9 Å². The van der Waals surface area contributed by atoms with E-state index >= 15 is 4.39 Å². The molecule has 246 valence electrons. The van der Waals surface area contributed by atoms with Crippen molar-refractivity contribution in [3.63, 3.8) is 0 Å². The van der Waals surface area contributed by atoms with Crippen molar-refractivity contribution in [1.82, 2.24) is 20.2 Å². The Morgan fingerprint density at radius 1 is 1.13 bits per heavy atom. The summed E-state index contributed by atoms with van der Waals surface area (Å²) in [6.07, 6.45) is 8.06. The molecule has 2 bridgehead atoms. The lowest BCUT2D eigenvalue weighted by Gasteiger charge is -2.49. The van der Waals surface area contributed by atoms with Gasteiger partial charge in [-0.1, -0.05) is 0 Å². The number of hydrogen-bond donors (Lipinski definition) is 1. The Kier molecular flexibility index (Phi) is 7.15. The number of nitrogens with one attached hydrogen (secondary N) is 1. The minimum Gasteiger partial charge on any atom is -0.376 e. The van der Waals surface area contributed by atoms with Crippen molar-refractivity contribution < 1.29 is 22.6 Å². The molecule has 13 heteroatoms. The number of benzene rings is 1. The third-order valence-electron chi connectivity index (χ3n) is 10.9. The predicted molar refractivity (Wildman–Crippen MR) is 172 cm³/mol. The standard InChI is InChI=1S/C34H36F3N7O2S/c35-22-10-34(7-1-9-42(34)14-22)19-46-32-40-13-21-12-39-29(25-4-5-26(36)31-27(25)20(11-38)16-47-31)28(37)30(21)44(32)43-15-23-6-8-33(17-43,41-23)18-45-24-2-3-24/h4-5,12-13,16,22-24,32,41H,1-3,6-10,14-15,17-19H2/t22-,23+,32?,33-,34+/m1/s1. The zero-order valence-corrected chi connectivity index (χ0v) is 26.7. The highest BCUT2D eigenvalue weighted by atomic mass is 32.1. The number of thiophene rings is 1. The van der Waals surface area contributed by atoms with Gasteiger partial charge in [0.2, 0.25) is 6.35 Å². The van der Waals surface area contributed by atoms with Gasteiger partial charge in [-0.2, -0.15) is 5.26 Å². The third kappa shape index (κ3) is 4.99. The first kappa shape index (κ1) is 30.0. The zero-order chi connectivity index (χ0) is 31.9. The highest BCUT2D eigenvalue weighted by Crippen LogP contribution is 2.44. The highest BCUT2D eigenvalue weighted by molar-refractivity contribution is 7.17. The molecule has 3 aromatic rings. The number of nitrogens with zero attached hydrogens (tertiary/aromatic N) is 6. The molecule has 9 rings (SSSR count). The van der Waals surface area contributed by atoms with E-state index in [0.29, 0.717) is 55.3 Å². The second-order valence-electron chi connectivity index (χ2n) is 14.1. The molecule has 5 aliphatic heterocycles. The molecule has 4 saturated heterocycles. The monoisotopic (exact) mass is 663 g/mol. The lowest BCUT2D eigenvalue weighted by molar-refractivity contribution is -0.0470. The molecule has 0 spiro atoms. The van der Waals surface area contributed by atoms with Crippen molar-refractivity contribution in [2.24, 2.45) is 4.99 Å². The number of piperazine rings is 1. The molecular formula is C34H36F3N7O2S. The first-order valence-electron chi connectivity index (χ1n) is 16.6. The Morgan fingerprint density at radius 2 is 2.02 bits per heavy atom. The van der Waals surface area contributed by atoms with E-state index in [-0.39, 0.29) is 39.8 Å². The van der Waals surface area contributed by atoms with Gasteiger partial charge in [0.15, 0.2) is 5.82 Å². The number of anilines is 1. The topological polar surface area (TPSA) is 89.2 Å². The normalized spacial score (nSPS) is 31.9. The maximum absolute atomic E-state index is 17.2. The molecule has 1 saturated carbocycles. The van der Waals surface area contributed by atoms with E-state index in [0.717, 1.165) is 56.4 Å². The summed E-state index contributed by atoms with van der Waals surface area (Å²) in [7, 11) is 0. The Morgan fingerprint density at radius 3 is 2.87 bits per heavy atom. The van der Waals surface area contributed by atoms with Crippen LogP contribution in [0.4, 0.5) is 18.9 Å². The number of halogens is 3. The van der Waals surface area contributed by atoms with Gasteiger partial charge in [0, 0.05) is 71.9 Å². The Bertz CT molecular complexity index is 1810. The van der Waals surface area contributed by atoms with Crippen molar-refractivity contribution in [2.45, 2.75) is 80.7 Å². The number of alkyl halides is 1. The summed E-state index contributed by atoms with van der Waals surface area (Å²) in [4.78, 5) is 11.5. The van der Waals surface area contributed by atoms with Gasteiger partial charge in [-0.25, -0.2) is 23.2 Å². The van der Waals surface area contributed by atoms with E-state index in [1.165, 1.54) is 12.1 Å². The van der Waals surface area contributed by atoms with Gasteiger partial charge in [0.1, 0.15) is 29.4 Å². The van der Waals surface area contributed by atoms with Gasteiger partial charge in [-0.15, -0.1) is 11.3 Å². The number of hydrazine groups is 1. The summed E-state index contributed by atoms with van der Waals surface area (Å²) in [6, 6.07) is 5.10. The minimum atomic E-state index is -0.894. The Labute approximate surface area is 274 Å². The van der Waals surface area contributed by atoms with Crippen LogP contribution in [-0.2, 0) is 9.47 Å². The first-order chi connectivity index (χ1) is 22.9. The smallest absolute Gasteiger partial charge is 0.242 e. The van der Waals surface area contributed by atoms with Crippen LogP contribution in [0.2, 0.25) is 0 Å². The number of rotatable bonds is 8. The van der Waals surface area contributed by atoms with E-state index in [1.807, 2.05) is 5.01 Å². The summed E-state index contributed by atoms with van der Waals surface area (Å²) in [6.45, 7) is 3.29. The van der Waals surface area contributed by atoms with E-state index in [1.54, 1.807) is 17.8 Å². The highest BCUT2D eigenvalue weighted by Gasteiger charge is 2.52. The van der Waals surface area contributed by atoms with Crippen LogP contribution in [0.15, 0.2) is 28.7 Å². The van der Waals surface area contributed by atoms with Gasteiger partial charge in [-0.05, 0) is 57.2 Å². The van der Waals surface area contributed by atoms with E-state index in [9.17, 15) is 14.0 Å². The van der Waals surface area contributed by atoms with Gasteiger partial charge in [0.25, 0.3) is 0 Å². The second-order valence-corrected chi connectivity index (χ2v) is 15.0. The van der Waals surface area contributed by atoms with Crippen LogP contribution in [-0.4, -0.2) is 96.2 Å². The number of ether oxygens (including phenoxy) is 2. The molecule has 47 heavy (non-hydrogen) atoms. The Hall–Kier alpha value is -3.12. The van der Waals surface area contributed by atoms with Crippen LogP contribution < -0.4 is 10.3 Å². The maximum Gasteiger partial charge on any atom is 0.242 e.